The van der Waals surface area contributed by atoms with E-state index in [1.165, 1.54) is 4.90 Å². The van der Waals surface area contributed by atoms with E-state index in [1.807, 2.05) is 31.2 Å². The van der Waals surface area contributed by atoms with E-state index in [2.05, 4.69) is 5.32 Å². The van der Waals surface area contributed by atoms with Crippen molar-refractivity contribution in [2.24, 2.45) is 0 Å². The first-order valence-electron chi connectivity index (χ1n) is 8.91. The molecule has 0 spiro atoms. The number of nitrogens with one attached hydrogen (secondary N) is 1. The summed E-state index contributed by atoms with van der Waals surface area (Å²) < 4.78 is 10.7. The molecule has 0 atom stereocenters. The number of rotatable bonds is 6. The minimum absolute atomic E-state index is 0.145. The van der Waals surface area contributed by atoms with Crippen molar-refractivity contribution >= 4 is 29.3 Å². The molecule has 7 nitrogen and oxygen atoms in total. The Morgan fingerprint density at radius 3 is 2.86 bits per heavy atom. The number of carbonyl (C=O) groups excluding carboxylic acids is 2. The van der Waals surface area contributed by atoms with E-state index in [4.69, 9.17) is 15.2 Å². The highest BCUT2D eigenvalue weighted by Gasteiger charge is 2.31. The molecule has 0 unspecified atom stereocenters. The third-order valence-corrected chi connectivity index (χ3v) is 4.22. The lowest BCUT2D eigenvalue weighted by atomic mass is 10.1. The molecular formula is C21H23N3O4. The van der Waals surface area contributed by atoms with Crippen LogP contribution in [0.5, 0.6) is 5.75 Å². The summed E-state index contributed by atoms with van der Waals surface area (Å²) in [5.41, 5.74) is 8.72. The summed E-state index contributed by atoms with van der Waals surface area (Å²) in [6.07, 6.45) is 1.67. The first-order valence-corrected chi connectivity index (χ1v) is 8.91. The van der Waals surface area contributed by atoms with E-state index in [0.29, 0.717) is 30.3 Å². The summed E-state index contributed by atoms with van der Waals surface area (Å²) in [6.45, 7) is 2.59. The number of anilines is 2. The van der Waals surface area contributed by atoms with Crippen molar-refractivity contribution in [3.63, 3.8) is 0 Å². The second kappa shape index (κ2) is 8.58. The molecule has 1 aliphatic heterocycles. The van der Waals surface area contributed by atoms with E-state index in [0.717, 1.165) is 11.1 Å². The monoisotopic (exact) mass is 381 g/mol. The maximum absolute atomic E-state index is 13.0. The van der Waals surface area contributed by atoms with Crippen molar-refractivity contribution in [2.75, 3.05) is 37.4 Å². The predicted octanol–water partition coefficient (Wildman–Crippen LogP) is 2.11. The van der Waals surface area contributed by atoms with Gasteiger partial charge in [-0.25, -0.2) is 0 Å². The molecular weight excluding hydrogens is 358 g/mol. The Kier molecular flexibility index (Phi) is 5.96. The molecule has 0 aromatic heterocycles. The maximum Gasteiger partial charge on any atom is 0.294 e. The molecule has 7 heteroatoms. The van der Waals surface area contributed by atoms with Gasteiger partial charge in [0, 0.05) is 19.3 Å². The average molecular weight is 381 g/mol. The summed E-state index contributed by atoms with van der Waals surface area (Å²) >= 11 is 0. The third kappa shape index (κ3) is 4.50. The van der Waals surface area contributed by atoms with Crippen molar-refractivity contribution < 1.29 is 19.1 Å². The number of hydrogen-bond donors (Lipinski definition) is 2. The number of carbonyl (C=O) groups is 2. The number of benzene rings is 2. The molecule has 2 amide bonds. The zero-order valence-corrected chi connectivity index (χ0v) is 15.9. The van der Waals surface area contributed by atoms with Gasteiger partial charge in [0.2, 0.25) is 5.91 Å². The lowest BCUT2D eigenvalue weighted by Gasteiger charge is -2.30. The number of ether oxygens (including phenoxy) is 2. The van der Waals surface area contributed by atoms with Gasteiger partial charge in [-0.3, -0.25) is 14.5 Å². The third-order valence-electron chi connectivity index (χ3n) is 4.22. The van der Waals surface area contributed by atoms with Crippen LogP contribution in [0.25, 0.3) is 6.08 Å². The van der Waals surface area contributed by atoms with Crippen molar-refractivity contribution in [3.8, 4) is 5.75 Å². The number of nitrogen functional groups attached to an aromatic ring is 1. The molecule has 2 aromatic rings. The molecule has 0 saturated heterocycles. The molecule has 2 aromatic carbocycles. The first kappa shape index (κ1) is 19.4. The quantitative estimate of drug-likeness (QED) is 0.454. The number of aryl methyl sites for hydroxylation is 1. The van der Waals surface area contributed by atoms with Crippen LogP contribution in [0, 0.1) is 6.92 Å². The zero-order chi connectivity index (χ0) is 20.1. The molecule has 0 bridgehead atoms. The summed E-state index contributed by atoms with van der Waals surface area (Å²) in [5, 5.41) is 2.72. The largest absolute Gasteiger partial charge is 0.449 e. The van der Waals surface area contributed by atoms with Crippen LogP contribution in [0.2, 0.25) is 0 Å². The maximum atomic E-state index is 13.0. The second-order valence-electron chi connectivity index (χ2n) is 6.49. The number of fused-ring (bicyclic) bond motifs is 1. The molecule has 3 N–H and O–H groups in total. The van der Waals surface area contributed by atoms with Gasteiger partial charge in [0.1, 0.15) is 6.54 Å². The van der Waals surface area contributed by atoms with E-state index < -0.39 is 5.91 Å². The Balaban J connectivity index is 1.91. The summed E-state index contributed by atoms with van der Waals surface area (Å²) in [4.78, 5) is 26.7. The standard InChI is InChI=1S/C21H23N3O4/c1-14-4-3-5-15(10-14)11-19-21(26)24(13-20(25)23-8-9-27-2)17-12-16(22)6-7-18(17)28-19/h3-7,10-12H,8-9,13,22H2,1-2H3,(H,23,25)/b19-11+. The van der Waals surface area contributed by atoms with Crippen LogP contribution in [-0.2, 0) is 14.3 Å². The van der Waals surface area contributed by atoms with Crippen molar-refractivity contribution in [3.05, 3.63) is 59.4 Å². The fourth-order valence-electron chi connectivity index (χ4n) is 2.89. The van der Waals surface area contributed by atoms with Gasteiger partial charge in [-0.2, -0.15) is 0 Å². The van der Waals surface area contributed by atoms with Crippen LogP contribution in [0.4, 0.5) is 11.4 Å². The minimum Gasteiger partial charge on any atom is -0.449 e. The summed E-state index contributed by atoms with van der Waals surface area (Å²) in [7, 11) is 1.55. The molecule has 28 heavy (non-hydrogen) atoms. The van der Waals surface area contributed by atoms with Crippen molar-refractivity contribution in [1.29, 1.82) is 0 Å². The lowest BCUT2D eigenvalue weighted by molar-refractivity contribution is -0.123. The van der Waals surface area contributed by atoms with Crippen molar-refractivity contribution in [2.45, 2.75) is 6.92 Å². The number of nitrogens with two attached hydrogens (primary N) is 1. The minimum atomic E-state index is -0.401. The van der Waals surface area contributed by atoms with Gasteiger partial charge in [-0.05, 0) is 36.8 Å². The Morgan fingerprint density at radius 1 is 1.29 bits per heavy atom. The van der Waals surface area contributed by atoms with E-state index in [1.54, 1.807) is 31.4 Å². The Bertz CT molecular complexity index is 924. The highest BCUT2D eigenvalue weighted by atomic mass is 16.5. The van der Waals surface area contributed by atoms with Gasteiger partial charge in [0.25, 0.3) is 5.91 Å². The lowest BCUT2D eigenvalue weighted by Crippen LogP contribution is -2.44. The fraction of sp³-hybridized carbons (Fsp3) is 0.238. The summed E-state index contributed by atoms with van der Waals surface area (Å²) in [6, 6.07) is 12.7. The number of methoxy groups -OCH3 is 1. The SMILES string of the molecule is COCCNC(=O)CN1C(=O)/C(=C\c2cccc(C)c2)Oc2ccc(N)cc21. The van der Waals surface area contributed by atoms with Crippen molar-refractivity contribution in [1.82, 2.24) is 5.32 Å². The Labute approximate surface area is 163 Å². The van der Waals surface area contributed by atoms with Crippen LogP contribution in [0.3, 0.4) is 0 Å². The molecule has 1 aliphatic rings. The molecule has 0 saturated carbocycles. The van der Waals surface area contributed by atoms with Crippen LogP contribution in [-0.4, -0.2) is 38.6 Å². The van der Waals surface area contributed by atoms with Crippen LogP contribution < -0.4 is 20.7 Å². The summed E-state index contributed by atoms with van der Waals surface area (Å²) in [5.74, 6) is -0.0814. The normalized spacial score (nSPS) is 14.6. The number of amides is 2. The highest BCUT2D eigenvalue weighted by molar-refractivity contribution is 6.12. The first-order chi connectivity index (χ1) is 13.5. The number of nitrogens with zero attached hydrogens (tertiary/aromatic N) is 1. The van der Waals surface area contributed by atoms with Gasteiger partial charge in [-0.1, -0.05) is 29.8 Å². The molecule has 146 valence electrons. The van der Waals surface area contributed by atoms with E-state index >= 15 is 0 Å². The molecule has 3 rings (SSSR count). The van der Waals surface area contributed by atoms with E-state index in [-0.39, 0.29) is 18.2 Å². The second-order valence-corrected chi connectivity index (χ2v) is 6.49. The molecule has 0 fully saturated rings. The van der Waals surface area contributed by atoms with Gasteiger partial charge in [-0.15, -0.1) is 0 Å². The van der Waals surface area contributed by atoms with Crippen LogP contribution in [0.1, 0.15) is 11.1 Å². The Morgan fingerprint density at radius 2 is 2.11 bits per heavy atom. The molecule has 1 heterocycles. The van der Waals surface area contributed by atoms with Crippen LogP contribution >= 0.6 is 0 Å². The predicted molar refractivity (Wildman–Crippen MR) is 108 cm³/mol. The molecule has 0 radical (unpaired) electrons. The zero-order valence-electron chi connectivity index (χ0n) is 15.9. The van der Waals surface area contributed by atoms with Gasteiger partial charge < -0.3 is 20.5 Å². The fourth-order valence-corrected chi connectivity index (χ4v) is 2.89. The van der Waals surface area contributed by atoms with Crippen LogP contribution in [0.15, 0.2) is 48.2 Å². The van der Waals surface area contributed by atoms with Gasteiger partial charge >= 0.3 is 0 Å². The topological polar surface area (TPSA) is 93.9 Å². The highest BCUT2D eigenvalue weighted by Crippen LogP contribution is 2.37. The smallest absolute Gasteiger partial charge is 0.294 e. The van der Waals surface area contributed by atoms with E-state index in [9.17, 15) is 9.59 Å². The molecule has 0 aliphatic carbocycles. The average Bonchev–Trinajstić information content (AvgIpc) is 2.66. The van der Waals surface area contributed by atoms with Gasteiger partial charge in [0.05, 0.1) is 12.3 Å². The Hall–Kier alpha value is -3.32. The van der Waals surface area contributed by atoms with Gasteiger partial charge in [0.15, 0.2) is 11.5 Å². The number of hydrogen-bond acceptors (Lipinski definition) is 5.